The van der Waals surface area contributed by atoms with E-state index < -0.39 is 0 Å². The minimum atomic E-state index is -0.379. The Bertz CT molecular complexity index is 1180. The summed E-state index contributed by atoms with van der Waals surface area (Å²) in [7, 11) is 0. The van der Waals surface area contributed by atoms with Crippen molar-refractivity contribution in [1.29, 1.82) is 0 Å². The van der Waals surface area contributed by atoms with Crippen molar-refractivity contribution in [2.75, 3.05) is 34.9 Å². The number of urea groups is 1. The van der Waals surface area contributed by atoms with Crippen molar-refractivity contribution < 1.29 is 14.0 Å². The number of anilines is 3. The maximum atomic E-state index is 13.4. The molecule has 1 fully saturated rings. The Hall–Kier alpha value is -3.52. The van der Waals surface area contributed by atoms with Gasteiger partial charge in [0.1, 0.15) is 5.82 Å². The second-order valence-corrected chi connectivity index (χ2v) is 8.93. The average molecular weight is 479 g/mol. The van der Waals surface area contributed by atoms with E-state index in [1.807, 2.05) is 36.6 Å². The third kappa shape index (κ3) is 6.08. The smallest absolute Gasteiger partial charge is 0.323 e. The van der Waals surface area contributed by atoms with Crippen LogP contribution in [0.2, 0.25) is 0 Å². The predicted octanol–water partition coefficient (Wildman–Crippen LogP) is 5.72. The molecule has 0 atom stereocenters. The number of hydrogen-bond donors (Lipinski definition) is 3. The molecule has 3 aromatic rings. The molecule has 1 aliphatic rings. The lowest BCUT2D eigenvalue weighted by atomic mass is 10.1. The molecule has 176 valence electrons. The number of carbonyl (C=O) groups excluding carboxylic acids is 2. The SMILES string of the molecule is CSc1cccc(NC(=O)Nc2cc(C(=O)NCc3cccc(F)c3)ccc2N2CCCC2)c1. The molecular weight excluding hydrogens is 451 g/mol. The Kier molecular flexibility index (Phi) is 7.69. The van der Waals surface area contributed by atoms with Crippen LogP contribution in [0, 0.1) is 5.82 Å². The fraction of sp³-hybridized carbons (Fsp3) is 0.231. The Labute approximate surface area is 202 Å². The van der Waals surface area contributed by atoms with Gasteiger partial charge in [-0.3, -0.25) is 4.79 Å². The van der Waals surface area contributed by atoms with Gasteiger partial charge in [0.2, 0.25) is 0 Å². The fourth-order valence-electron chi connectivity index (χ4n) is 3.93. The van der Waals surface area contributed by atoms with Crippen LogP contribution in [0.5, 0.6) is 0 Å². The number of halogens is 1. The maximum Gasteiger partial charge on any atom is 0.323 e. The lowest BCUT2D eigenvalue weighted by Crippen LogP contribution is -2.26. The first-order valence-corrected chi connectivity index (χ1v) is 12.4. The molecule has 3 aromatic carbocycles. The summed E-state index contributed by atoms with van der Waals surface area (Å²) >= 11 is 1.60. The molecule has 0 aromatic heterocycles. The normalized spacial score (nSPS) is 12.9. The van der Waals surface area contributed by atoms with E-state index in [4.69, 9.17) is 0 Å². The summed E-state index contributed by atoms with van der Waals surface area (Å²) < 4.78 is 13.4. The second kappa shape index (κ2) is 11.1. The van der Waals surface area contributed by atoms with Gasteiger partial charge in [-0.2, -0.15) is 0 Å². The third-order valence-corrected chi connectivity index (χ3v) is 6.35. The highest BCUT2D eigenvalue weighted by Gasteiger charge is 2.19. The van der Waals surface area contributed by atoms with Gasteiger partial charge in [0.15, 0.2) is 0 Å². The summed E-state index contributed by atoms with van der Waals surface area (Å²) in [6.07, 6.45) is 4.15. The van der Waals surface area contributed by atoms with Gasteiger partial charge in [0, 0.05) is 35.8 Å². The number of nitrogens with one attached hydrogen (secondary N) is 3. The topological polar surface area (TPSA) is 73.5 Å². The molecule has 34 heavy (non-hydrogen) atoms. The number of benzene rings is 3. The van der Waals surface area contributed by atoms with Crippen molar-refractivity contribution in [3.8, 4) is 0 Å². The molecule has 8 heteroatoms. The van der Waals surface area contributed by atoms with E-state index in [2.05, 4.69) is 20.9 Å². The van der Waals surface area contributed by atoms with Crippen molar-refractivity contribution in [1.82, 2.24) is 5.32 Å². The van der Waals surface area contributed by atoms with Gasteiger partial charge in [-0.25, -0.2) is 9.18 Å². The molecule has 3 amide bonds. The van der Waals surface area contributed by atoms with Gasteiger partial charge in [0.05, 0.1) is 11.4 Å². The van der Waals surface area contributed by atoms with Gasteiger partial charge >= 0.3 is 6.03 Å². The number of rotatable bonds is 7. The van der Waals surface area contributed by atoms with E-state index in [9.17, 15) is 14.0 Å². The highest BCUT2D eigenvalue weighted by atomic mass is 32.2. The van der Waals surface area contributed by atoms with E-state index in [1.165, 1.54) is 12.1 Å². The lowest BCUT2D eigenvalue weighted by Gasteiger charge is -2.22. The summed E-state index contributed by atoms with van der Waals surface area (Å²) in [5.74, 6) is -0.643. The van der Waals surface area contributed by atoms with Gasteiger partial charge in [0.25, 0.3) is 5.91 Å². The number of thioether (sulfide) groups is 1. The van der Waals surface area contributed by atoms with Crippen LogP contribution >= 0.6 is 11.8 Å². The van der Waals surface area contributed by atoms with Gasteiger partial charge in [-0.05, 0) is 73.2 Å². The molecule has 1 heterocycles. The summed E-state index contributed by atoms with van der Waals surface area (Å²) in [4.78, 5) is 28.8. The van der Waals surface area contributed by atoms with Crippen molar-refractivity contribution in [2.45, 2.75) is 24.3 Å². The van der Waals surface area contributed by atoms with Crippen LogP contribution in [0.1, 0.15) is 28.8 Å². The first-order valence-electron chi connectivity index (χ1n) is 11.2. The minimum absolute atomic E-state index is 0.208. The van der Waals surface area contributed by atoms with E-state index in [0.717, 1.165) is 36.5 Å². The first-order chi connectivity index (χ1) is 16.5. The summed E-state index contributed by atoms with van der Waals surface area (Å²) in [6.45, 7) is 2.01. The fourth-order valence-corrected chi connectivity index (χ4v) is 4.39. The molecule has 0 bridgehead atoms. The van der Waals surface area contributed by atoms with Crippen molar-refractivity contribution >= 4 is 40.8 Å². The van der Waals surface area contributed by atoms with E-state index in [0.29, 0.717) is 22.5 Å². The quantitative estimate of drug-likeness (QED) is 0.380. The van der Waals surface area contributed by atoms with Crippen LogP contribution in [-0.4, -0.2) is 31.3 Å². The zero-order valence-electron chi connectivity index (χ0n) is 18.9. The molecule has 0 unspecified atom stereocenters. The molecule has 0 spiro atoms. The minimum Gasteiger partial charge on any atom is -0.370 e. The third-order valence-electron chi connectivity index (χ3n) is 5.62. The number of hydrogen-bond acceptors (Lipinski definition) is 4. The zero-order chi connectivity index (χ0) is 23.9. The predicted molar refractivity (Wildman–Crippen MR) is 136 cm³/mol. The van der Waals surface area contributed by atoms with Crippen LogP contribution < -0.4 is 20.9 Å². The van der Waals surface area contributed by atoms with Gasteiger partial charge < -0.3 is 20.9 Å². The first kappa shape index (κ1) is 23.6. The second-order valence-electron chi connectivity index (χ2n) is 8.05. The van der Waals surface area contributed by atoms with E-state index in [1.54, 1.807) is 36.0 Å². The van der Waals surface area contributed by atoms with Crippen molar-refractivity contribution in [3.05, 3.63) is 83.7 Å². The lowest BCUT2D eigenvalue weighted by molar-refractivity contribution is 0.0951. The molecule has 0 aliphatic carbocycles. The van der Waals surface area contributed by atoms with E-state index in [-0.39, 0.29) is 24.3 Å². The summed E-state index contributed by atoms with van der Waals surface area (Å²) in [5.41, 5.74) is 3.23. The van der Waals surface area contributed by atoms with E-state index >= 15 is 0 Å². The number of amides is 3. The van der Waals surface area contributed by atoms with Crippen molar-refractivity contribution in [2.24, 2.45) is 0 Å². The molecule has 4 rings (SSSR count). The van der Waals surface area contributed by atoms with Crippen LogP contribution in [0.4, 0.5) is 26.2 Å². The Balaban J connectivity index is 1.50. The summed E-state index contributed by atoms with van der Waals surface area (Å²) in [5, 5.41) is 8.60. The highest BCUT2D eigenvalue weighted by Crippen LogP contribution is 2.30. The largest absolute Gasteiger partial charge is 0.370 e. The van der Waals surface area contributed by atoms with Gasteiger partial charge in [-0.1, -0.05) is 18.2 Å². The Morgan fingerprint density at radius 2 is 1.76 bits per heavy atom. The molecular formula is C26H27FN4O2S. The van der Waals surface area contributed by atoms with Crippen LogP contribution in [-0.2, 0) is 6.54 Å². The molecule has 3 N–H and O–H groups in total. The van der Waals surface area contributed by atoms with Crippen molar-refractivity contribution in [3.63, 3.8) is 0 Å². The monoisotopic (exact) mass is 478 g/mol. The summed E-state index contributed by atoms with van der Waals surface area (Å²) in [6, 6.07) is 18.6. The molecule has 0 radical (unpaired) electrons. The molecule has 6 nitrogen and oxygen atoms in total. The van der Waals surface area contributed by atoms with Crippen LogP contribution in [0.25, 0.3) is 0 Å². The number of carbonyl (C=O) groups is 2. The number of nitrogens with zero attached hydrogens (tertiary/aromatic N) is 1. The van der Waals surface area contributed by atoms with Crippen LogP contribution in [0.15, 0.2) is 71.6 Å². The standard InChI is InChI=1S/C26H27FN4O2S/c1-34-22-9-5-8-21(16-22)29-26(33)30-23-15-19(10-11-24(23)31-12-2-3-13-31)25(32)28-17-18-6-4-7-20(27)14-18/h4-11,14-16H,2-3,12-13,17H2,1H3,(H,28,32)(H2,29,30,33). The Morgan fingerprint density at radius 3 is 2.53 bits per heavy atom. The van der Waals surface area contributed by atoms with Gasteiger partial charge in [-0.15, -0.1) is 11.8 Å². The van der Waals surface area contributed by atoms with Crippen LogP contribution in [0.3, 0.4) is 0 Å². The highest BCUT2D eigenvalue weighted by molar-refractivity contribution is 7.98. The maximum absolute atomic E-state index is 13.4. The molecule has 1 aliphatic heterocycles. The molecule has 0 saturated carbocycles. The molecule has 1 saturated heterocycles. The average Bonchev–Trinajstić information content (AvgIpc) is 3.37. The zero-order valence-corrected chi connectivity index (χ0v) is 19.8. The Morgan fingerprint density at radius 1 is 0.971 bits per heavy atom.